The van der Waals surface area contributed by atoms with E-state index in [1.165, 1.54) is 38.8 Å². The van der Waals surface area contributed by atoms with E-state index < -0.39 is 0 Å². The van der Waals surface area contributed by atoms with Gasteiger partial charge in [-0.2, -0.15) is 0 Å². The van der Waals surface area contributed by atoms with E-state index in [-0.39, 0.29) is 24.0 Å². The van der Waals surface area contributed by atoms with E-state index in [2.05, 4.69) is 37.9 Å². The molecule has 4 nitrogen and oxygen atoms in total. The molecule has 5 heteroatoms. The highest BCUT2D eigenvalue weighted by atomic mass is 127. The van der Waals surface area contributed by atoms with Crippen molar-refractivity contribution >= 4 is 29.9 Å². The Morgan fingerprint density at radius 2 is 2.00 bits per heavy atom. The Morgan fingerprint density at radius 1 is 1.26 bits per heavy atom. The van der Waals surface area contributed by atoms with E-state index in [4.69, 9.17) is 9.73 Å². The first-order valence-electron chi connectivity index (χ1n) is 9.25. The average molecular weight is 437 g/mol. The van der Waals surface area contributed by atoms with Crippen LogP contribution in [0.25, 0.3) is 0 Å². The lowest BCUT2D eigenvalue weighted by molar-refractivity contribution is 0.0266. The molecule has 1 aliphatic carbocycles. The number of guanidine groups is 1. The summed E-state index contributed by atoms with van der Waals surface area (Å²) in [6.45, 7) is 13.7. The Morgan fingerprint density at radius 3 is 2.48 bits per heavy atom. The fourth-order valence-corrected chi connectivity index (χ4v) is 3.75. The fourth-order valence-electron chi connectivity index (χ4n) is 3.75. The van der Waals surface area contributed by atoms with Crippen LogP contribution in [0.1, 0.15) is 59.8 Å². The van der Waals surface area contributed by atoms with Crippen molar-refractivity contribution in [3.05, 3.63) is 0 Å². The first kappa shape index (κ1) is 21.0. The quantitative estimate of drug-likeness (QED) is 0.373. The maximum atomic E-state index is 5.83. The molecule has 2 rings (SSSR count). The van der Waals surface area contributed by atoms with Crippen LogP contribution in [0.2, 0.25) is 0 Å². The van der Waals surface area contributed by atoms with Crippen LogP contribution in [-0.2, 0) is 4.74 Å². The largest absolute Gasteiger partial charge is 0.378 e. The number of nitrogens with zero attached hydrogens (tertiary/aromatic N) is 2. The lowest BCUT2D eigenvalue weighted by Crippen LogP contribution is -2.42. The molecule has 0 aromatic carbocycles. The van der Waals surface area contributed by atoms with E-state index in [1.807, 2.05) is 0 Å². The van der Waals surface area contributed by atoms with Crippen LogP contribution in [0.4, 0.5) is 0 Å². The molecule has 0 bridgehead atoms. The molecule has 0 aromatic rings. The number of aliphatic imine (C=N–C) groups is 1. The molecule has 23 heavy (non-hydrogen) atoms. The van der Waals surface area contributed by atoms with Gasteiger partial charge in [-0.15, -0.1) is 24.0 Å². The third-order valence-corrected chi connectivity index (χ3v) is 5.29. The average Bonchev–Trinajstić information content (AvgIpc) is 2.90. The number of rotatable bonds is 7. The molecule has 1 N–H and O–H groups in total. The van der Waals surface area contributed by atoms with Gasteiger partial charge in [-0.25, -0.2) is 0 Å². The second kappa shape index (κ2) is 10.1. The summed E-state index contributed by atoms with van der Waals surface area (Å²) in [7, 11) is 0. The fraction of sp³-hybridized carbons (Fsp3) is 0.944. The summed E-state index contributed by atoms with van der Waals surface area (Å²) >= 11 is 0. The summed E-state index contributed by atoms with van der Waals surface area (Å²) in [5.41, 5.74) is 0.627. The number of ether oxygens (including phenoxy) is 1. The minimum Gasteiger partial charge on any atom is -0.378 e. The van der Waals surface area contributed by atoms with Crippen molar-refractivity contribution in [3.63, 3.8) is 0 Å². The van der Waals surface area contributed by atoms with Crippen LogP contribution >= 0.6 is 24.0 Å². The van der Waals surface area contributed by atoms with Crippen LogP contribution in [0.15, 0.2) is 4.99 Å². The first-order valence-corrected chi connectivity index (χ1v) is 9.25. The number of likely N-dealkylation sites (tertiary alicyclic amines) is 1. The Hall–Kier alpha value is -0.0400. The summed E-state index contributed by atoms with van der Waals surface area (Å²) in [4.78, 5) is 7.36. The number of halogens is 1. The first-order chi connectivity index (χ1) is 10.6. The van der Waals surface area contributed by atoms with Crippen LogP contribution < -0.4 is 5.32 Å². The predicted molar refractivity (Wildman–Crippen MR) is 109 cm³/mol. The van der Waals surface area contributed by atoms with Crippen molar-refractivity contribution in [2.75, 3.05) is 32.8 Å². The Kier molecular flexibility index (Phi) is 9.19. The monoisotopic (exact) mass is 437 g/mol. The van der Waals surface area contributed by atoms with Gasteiger partial charge in [0.2, 0.25) is 0 Å². The van der Waals surface area contributed by atoms with Gasteiger partial charge in [0.15, 0.2) is 5.96 Å². The van der Waals surface area contributed by atoms with E-state index >= 15 is 0 Å². The third-order valence-electron chi connectivity index (χ3n) is 5.29. The van der Waals surface area contributed by atoms with E-state index in [0.29, 0.717) is 17.4 Å². The van der Waals surface area contributed by atoms with E-state index in [9.17, 15) is 0 Å². The summed E-state index contributed by atoms with van der Waals surface area (Å²) < 4.78 is 5.83. The van der Waals surface area contributed by atoms with Crippen molar-refractivity contribution < 1.29 is 4.74 Å². The molecular formula is C18H36IN3O. The van der Waals surface area contributed by atoms with E-state index in [0.717, 1.165) is 32.1 Å². The van der Waals surface area contributed by atoms with Gasteiger partial charge in [-0.1, -0.05) is 20.3 Å². The molecule has 1 saturated carbocycles. The maximum absolute atomic E-state index is 5.83. The molecule has 1 spiro atoms. The van der Waals surface area contributed by atoms with Gasteiger partial charge >= 0.3 is 0 Å². The van der Waals surface area contributed by atoms with Crippen LogP contribution in [0.3, 0.4) is 0 Å². The summed E-state index contributed by atoms with van der Waals surface area (Å²) in [5.74, 6) is 1.67. The lowest BCUT2D eigenvalue weighted by atomic mass is 9.68. The molecule has 1 aliphatic heterocycles. The summed E-state index contributed by atoms with van der Waals surface area (Å²) in [6.07, 6.45) is 6.95. The van der Waals surface area contributed by atoms with Gasteiger partial charge in [-0.3, -0.25) is 4.99 Å². The zero-order valence-corrected chi connectivity index (χ0v) is 17.8. The zero-order valence-electron chi connectivity index (χ0n) is 15.4. The molecule has 0 radical (unpaired) electrons. The standard InChI is InChI=1S/C18H35N3O.HI/c1-5-19-17(20-12-8-16(15(3)4)22-6-2)21-13-11-18(14-21)9-7-10-18;/h15-16H,5-14H2,1-4H3,(H,19,20);1H. The Bertz CT molecular complexity index is 369. The van der Waals surface area contributed by atoms with Crippen molar-refractivity contribution in [2.24, 2.45) is 16.3 Å². The summed E-state index contributed by atoms with van der Waals surface area (Å²) in [6, 6.07) is 0. The highest BCUT2D eigenvalue weighted by molar-refractivity contribution is 14.0. The van der Waals surface area contributed by atoms with Crippen LogP contribution in [0, 0.1) is 11.3 Å². The van der Waals surface area contributed by atoms with Gasteiger partial charge in [-0.05, 0) is 50.9 Å². The summed E-state index contributed by atoms with van der Waals surface area (Å²) in [5, 5.41) is 3.48. The molecular weight excluding hydrogens is 401 g/mol. The van der Waals surface area contributed by atoms with Gasteiger partial charge < -0.3 is 15.0 Å². The maximum Gasteiger partial charge on any atom is 0.193 e. The minimum absolute atomic E-state index is 0. The minimum atomic E-state index is 0. The Balaban J connectivity index is 0.00000264. The van der Waals surface area contributed by atoms with Crippen molar-refractivity contribution in [2.45, 2.75) is 65.9 Å². The molecule has 1 unspecified atom stereocenters. The molecule has 2 fully saturated rings. The molecule has 2 aliphatic rings. The predicted octanol–water partition coefficient (Wildman–Crippen LogP) is 3.90. The van der Waals surface area contributed by atoms with Crippen molar-refractivity contribution in [3.8, 4) is 0 Å². The molecule has 0 aromatic heterocycles. The topological polar surface area (TPSA) is 36.9 Å². The molecule has 1 heterocycles. The van der Waals surface area contributed by atoms with Gasteiger partial charge in [0.05, 0.1) is 6.10 Å². The lowest BCUT2D eigenvalue weighted by Gasteiger charge is -2.38. The molecule has 1 saturated heterocycles. The van der Waals surface area contributed by atoms with Crippen LogP contribution in [0.5, 0.6) is 0 Å². The SMILES string of the molecule is CCNC(=NCCC(OCC)C(C)C)N1CCC2(CCC2)C1.I. The van der Waals surface area contributed by atoms with Gasteiger partial charge in [0.25, 0.3) is 0 Å². The number of hydrogen-bond acceptors (Lipinski definition) is 2. The second-order valence-corrected chi connectivity index (χ2v) is 7.29. The smallest absolute Gasteiger partial charge is 0.193 e. The third kappa shape index (κ3) is 5.76. The molecule has 0 amide bonds. The molecule has 1 atom stereocenters. The van der Waals surface area contributed by atoms with Crippen LogP contribution in [-0.4, -0.2) is 49.7 Å². The van der Waals surface area contributed by atoms with Crippen molar-refractivity contribution in [1.29, 1.82) is 0 Å². The molecule has 136 valence electrons. The normalized spacial score (nSPS) is 21.3. The highest BCUT2D eigenvalue weighted by Gasteiger charge is 2.43. The number of nitrogens with one attached hydrogen (secondary N) is 1. The van der Waals surface area contributed by atoms with Crippen molar-refractivity contribution in [1.82, 2.24) is 10.2 Å². The van der Waals surface area contributed by atoms with Gasteiger partial charge in [0, 0.05) is 32.8 Å². The highest BCUT2D eigenvalue weighted by Crippen LogP contribution is 2.47. The Labute approximate surface area is 159 Å². The van der Waals surface area contributed by atoms with E-state index in [1.54, 1.807) is 0 Å². The second-order valence-electron chi connectivity index (χ2n) is 7.29. The zero-order chi connectivity index (χ0) is 16.0. The number of hydrogen-bond donors (Lipinski definition) is 1. The van der Waals surface area contributed by atoms with Gasteiger partial charge in [0.1, 0.15) is 0 Å².